The lowest BCUT2D eigenvalue weighted by Gasteiger charge is -2.73. The van der Waals surface area contributed by atoms with Crippen LogP contribution in [0.2, 0.25) is 0 Å². The molecule has 0 bridgehead atoms. The van der Waals surface area contributed by atoms with Crippen LogP contribution in [0.25, 0.3) is 0 Å². The third kappa shape index (κ3) is 2.66. The van der Waals surface area contributed by atoms with Crippen LogP contribution in [0.1, 0.15) is 106 Å². The molecule has 0 spiro atoms. The van der Waals surface area contributed by atoms with Crippen LogP contribution in [0.4, 0.5) is 0 Å². The molecule has 5 aliphatic carbocycles. The van der Waals surface area contributed by atoms with Gasteiger partial charge in [-0.2, -0.15) is 0 Å². The molecule has 0 aliphatic heterocycles. The number of aliphatic hydroxyl groups excluding tert-OH is 2. The molecule has 0 aromatic heterocycles. The van der Waals surface area contributed by atoms with E-state index in [1.54, 1.807) is 0 Å². The maximum Gasteiger partial charge on any atom is 0.0594 e. The van der Waals surface area contributed by atoms with Crippen LogP contribution in [0.3, 0.4) is 0 Å². The number of hydrogen-bond acceptors (Lipinski definition) is 2. The van der Waals surface area contributed by atoms with Gasteiger partial charge in [0.1, 0.15) is 0 Å². The first-order chi connectivity index (χ1) is 14.9. The van der Waals surface area contributed by atoms with Gasteiger partial charge < -0.3 is 10.2 Å². The molecule has 5 rings (SSSR count). The van der Waals surface area contributed by atoms with Gasteiger partial charge in [-0.25, -0.2) is 0 Å². The van der Waals surface area contributed by atoms with E-state index >= 15 is 0 Å². The Morgan fingerprint density at radius 2 is 1.53 bits per heavy atom. The Bertz CT molecular complexity index is 786. The molecule has 0 saturated heterocycles. The number of fused-ring (bicyclic) bond motifs is 7. The highest BCUT2D eigenvalue weighted by atomic mass is 16.3. The predicted octanol–water partition coefficient (Wildman–Crippen LogP) is 7.00. The van der Waals surface area contributed by atoms with Gasteiger partial charge in [-0.1, -0.05) is 46.8 Å². The molecule has 0 amide bonds. The molecule has 0 unspecified atom stereocenters. The smallest absolute Gasteiger partial charge is 0.0594 e. The number of rotatable bonds is 2. The molecule has 32 heavy (non-hydrogen) atoms. The average molecular weight is 443 g/mol. The normalized spacial score (nSPS) is 56.5. The molecule has 0 heterocycles. The number of aliphatic hydroxyl groups is 2. The van der Waals surface area contributed by atoms with Crippen molar-refractivity contribution in [3.63, 3.8) is 0 Å². The highest BCUT2D eigenvalue weighted by Crippen LogP contribution is 2.77. The zero-order valence-corrected chi connectivity index (χ0v) is 21.8. The lowest BCUT2D eigenvalue weighted by molar-refractivity contribution is -0.249. The van der Waals surface area contributed by atoms with Crippen LogP contribution in [-0.4, -0.2) is 22.9 Å². The molecule has 0 radical (unpaired) electrons. The van der Waals surface area contributed by atoms with Crippen LogP contribution in [0.15, 0.2) is 12.2 Å². The summed E-state index contributed by atoms with van der Waals surface area (Å²) in [6.45, 7) is 19.7. The minimum atomic E-state index is -0.147. The van der Waals surface area contributed by atoms with Gasteiger partial charge in [-0.3, -0.25) is 0 Å². The van der Waals surface area contributed by atoms with Crippen molar-refractivity contribution in [1.29, 1.82) is 0 Å². The lowest BCUT2D eigenvalue weighted by atomic mass is 9.32. The van der Waals surface area contributed by atoms with Crippen LogP contribution in [0, 0.1) is 56.7 Å². The Morgan fingerprint density at radius 1 is 0.812 bits per heavy atom. The van der Waals surface area contributed by atoms with E-state index in [0.717, 1.165) is 18.3 Å². The minimum absolute atomic E-state index is 0.0290. The Morgan fingerprint density at radius 3 is 2.19 bits per heavy atom. The van der Waals surface area contributed by atoms with Crippen molar-refractivity contribution in [2.75, 3.05) is 6.61 Å². The van der Waals surface area contributed by atoms with E-state index in [0.29, 0.717) is 40.6 Å². The molecule has 0 aromatic carbocycles. The summed E-state index contributed by atoms with van der Waals surface area (Å²) in [5.41, 5.74) is 2.60. The lowest BCUT2D eigenvalue weighted by Crippen LogP contribution is -2.66. The molecule has 5 aliphatic rings. The second kappa shape index (κ2) is 7.09. The molecule has 2 heteroatoms. The quantitative estimate of drug-likeness (QED) is 0.452. The van der Waals surface area contributed by atoms with E-state index in [1.165, 1.54) is 63.4 Å². The van der Waals surface area contributed by atoms with Gasteiger partial charge in [-0.05, 0) is 128 Å². The van der Waals surface area contributed by atoms with E-state index in [1.807, 2.05) is 0 Å². The molecule has 5 fully saturated rings. The fourth-order valence-electron chi connectivity index (χ4n) is 11.5. The summed E-state index contributed by atoms with van der Waals surface area (Å²) in [7, 11) is 0. The average Bonchev–Trinajstić information content (AvgIpc) is 3.12. The Labute approximate surface area is 197 Å². The first-order valence-corrected chi connectivity index (χ1v) is 13.8. The van der Waals surface area contributed by atoms with Crippen LogP contribution in [-0.2, 0) is 0 Å². The van der Waals surface area contributed by atoms with Crippen LogP contribution < -0.4 is 0 Å². The van der Waals surface area contributed by atoms with Crippen molar-refractivity contribution in [3.05, 3.63) is 12.2 Å². The molecule has 10 atom stereocenters. The van der Waals surface area contributed by atoms with Crippen LogP contribution in [0.5, 0.6) is 0 Å². The zero-order valence-electron chi connectivity index (χ0n) is 21.8. The van der Waals surface area contributed by atoms with Crippen molar-refractivity contribution in [1.82, 2.24) is 0 Å². The molecule has 5 saturated carbocycles. The summed E-state index contributed by atoms with van der Waals surface area (Å²) in [4.78, 5) is 0. The number of hydrogen-bond donors (Lipinski definition) is 2. The summed E-state index contributed by atoms with van der Waals surface area (Å²) in [5.74, 6) is 3.33. The molecule has 2 N–H and O–H groups in total. The van der Waals surface area contributed by atoms with Crippen molar-refractivity contribution in [2.24, 2.45) is 56.7 Å². The monoisotopic (exact) mass is 442 g/mol. The summed E-state index contributed by atoms with van der Waals surface area (Å²) >= 11 is 0. The van der Waals surface area contributed by atoms with E-state index < -0.39 is 0 Å². The largest absolute Gasteiger partial charge is 0.396 e. The van der Waals surface area contributed by atoms with E-state index in [-0.39, 0.29) is 16.9 Å². The Hall–Kier alpha value is -0.340. The first kappa shape index (κ1) is 23.4. The first-order valence-electron chi connectivity index (χ1n) is 13.8. The van der Waals surface area contributed by atoms with Gasteiger partial charge >= 0.3 is 0 Å². The van der Waals surface area contributed by atoms with E-state index in [2.05, 4.69) is 48.1 Å². The van der Waals surface area contributed by atoms with Gasteiger partial charge in [0.15, 0.2) is 0 Å². The van der Waals surface area contributed by atoms with Crippen molar-refractivity contribution in [3.8, 4) is 0 Å². The summed E-state index contributed by atoms with van der Waals surface area (Å²) in [6.07, 6.45) is 12.2. The fraction of sp³-hybridized carbons (Fsp3) is 0.933. The summed E-state index contributed by atoms with van der Waals surface area (Å²) in [6, 6.07) is 0. The third-order valence-electron chi connectivity index (χ3n) is 13.5. The molecular weight excluding hydrogens is 392 g/mol. The zero-order chi connectivity index (χ0) is 23.3. The van der Waals surface area contributed by atoms with Gasteiger partial charge in [0.05, 0.1) is 6.10 Å². The predicted molar refractivity (Wildman–Crippen MR) is 132 cm³/mol. The maximum absolute atomic E-state index is 10.9. The third-order valence-corrected chi connectivity index (χ3v) is 13.5. The standard InChI is InChI=1S/C30H50O2/c1-19(2)20-10-15-30(18-31)17-16-28(6)21(25(20)30)8-9-23-27(5)13-12-24(32)26(3,4)22(27)11-14-29(23,28)7/h20-25,31-32H,1,8-18H2,2-7H3/t20-,21+,22-,23+,24-,25-,27+,28+,29+,30+/m0/s1. The molecule has 0 aromatic rings. The summed E-state index contributed by atoms with van der Waals surface area (Å²) in [5, 5.41) is 21.5. The van der Waals surface area contributed by atoms with Gasteiger partial charge in [0.25, 0.3) is 0 Å². The SMILES string of the molecule is C=C(C)[C@@H]1CC[C@]2(CO)CC[C@]3(C)[C@H](CC[C@@H]4[C@]5(C)CC[C@H](O)C(C)(C)[C@@H]5CC[C@]43C)[C@H]12. The maximum atomic E-state index is 10.9. The summed E-state index contributed by atoms with van der Waals surface area (Å²) < 4.78 is 0. The minimum Gasteiger partial charge on any atom is -0.396 e. The second-order valence-corrected chi connectivity index (χ2v) is 14.6. The Balaban J connectivity index is 1.55. The number of allylic oxidation sites excluding steroid dienone is 1. The van der Waals surface area contributed by atoms with E-state index in [9.17, 15) is 10.2 Å². The van der Waals surface area contributed by atoms with Gasteiger partial charge in [0, 0.05) is 6.61 Å². The Kier molecular flexibility index (Phi) is 5.19. The van der Waals surface area contributed by atoms with Gasteiger partial charge in [-0.15, -0.1) is 0 Å². The molecule has 182 valence electrons. The van der Waals surface area contributed by atoms with Gasteiger partial charge in [0.2, 0.25) is 0 Å². The van der Waals surface area contributed by atoms with E-state index in [4.69, 9.17) is 0 Å². The highest BCUT2D eigenvalue weighted by Gasteiger charge is 2.70. The van der Waals surface area contributed by atoms with Crippen molar-refractivity contribution >= 4 is 0 Å². The second-order valence-electron chi connectivity index (χ2n) is 14.6. The van der Waals surface area contributed by atoms with Crippen molar-refractivity contribution < 1.29 is 10.2 Å². The fourth-order valence-corrected chi connectivity index (χ4v) is 11.5. The topological polar surface area (TPSA) is 40.5 Å². The molecular formula is C30H50O2. The highest BCUT2D eigenvalue weighted by molar-refractivity contribution is 5.21. The van der Waals surface area contributed by atoms with Crippen molar-refractivity contribution in [2.45, 2.75) is 112 Å². The van der Waals surface area contributed by atoms with Crippen LogP contribution >= 0.6 is 0 Å². The molecule has 2 nitrogen and oxygen atoms in total.